The van der Waals surface area contributed by atoms with Crippen molar-refractivity contribution in [2.24, 2.45) is 0 Å². The van der Waals surface area contributed by atoms with Crippen molar-refractivity contribution in [1.29, 1.82) is 0 Å². The lowest BCUT2D eigenvalue weighted by Gasteiger charge is -2.20. The molecule has 1 atom stereocenters. The van der Waals surface area contributed by atoms with E-state index in [1.807, 2.05) is 6.07 Å². The van der Waals surface area contributed by atoms with Crippen LogP contribution in [0.2, 0.25) is 13.1 Å². The van der Waals surface area contributed by atoms with Gasteiger partial charge in [0.25, 0.3) is 0 Å². The van der Waals surface area contributed by atoms with E-state index in [0.717, 1.165) is 0 Å². The summed E-state index contributed by atoms with van der Waals surface area (Å²) in [5, 5.41) is 1.45. The van der Waals surface area contributed by atoms with Gasteiger partial charge in [0.05, 0.1) is 6.10 Å². The molecule has 0 aliphatic carbocycles. The van der Waals surface area contributed by atoms with Crippen LogP contribution in [-0.4, -0.2) is 8.32 Å². The first-order chi connectivity index (χ1) is 6.59. The molecule has 1 unspecified atom stereocenters. The normalized spacial score (nSPS) is 24.8. The van der Waals surface area contributed by atoms with Gasteiger partial charge in [0, 0.05) is 0 Å². The number of hydrogen-bond acceptors (Lipinski definition) is 1. The number of hydrogen-bond donors (Lipinski definition) is 0. The predicted octanol–water partition coefficient (Wildman–Crippen LogP) is 3.45. The van der Waals surface area contributed by atoms with Crippen LogP contribution in [0.15, 0.2) is 41.6 Å². The molecule has 1 aliphatic heterocycles. The second-order valence-electron chi connectivity index (χ2n) is 4.31. The minimum Gasteiger partial charge on any atom is -0.403 e. The van der Waals surface area contributed by atoms with Gasteiger partial charge in [-0.2, -0.15) is 0 Å². The summed E-state index contributed by atoms with van der Waals surface area (Å²) < 4.78 is 6.09. The summed E-state index contributed by atoms with van der Waals surface area (Å²) in [6.45, 7) is 6.69. The van der Waals surface area contributed by atoms with Crippen molar-refractivity contribution in [1.82, 2.24) is 0 Å². The van der Waals surface area contributed by atoms with Crippen LogP contribution in [0.3, 0.4) is 0 Å². The van der Waals surface area contributed by atoms with Crippen LogP contribution in [0.4, 0.5) is 0 Å². The maximum atomic E-state index is 6.09. The van der Waals surface area contributed by atoms with Gasteiger partial charge in [0.1, 0.15) is 0 Å². The molecule has 0 bridgehead atoms. The van der Waals surface area contributed by atoms with Crippen molar-refractivity contribution < 1.29 is 4.43 Å². The maximum Gasteiger partial charge on any atom is 0.215 e. The van der Waals surface area contributed by atoms with Crippen LogP contribution >= 0.6 is 0 Å². The first-order valence-corrected chi connectivity index (χ1v) is 7.92. The molecule has 0 spiro atoms. The van der Waals surface area contributed by atoms with Crippen molar-refractivity contribution >= 4 is 8.32 Å². The van der Waals surface area contributed by atoms with E-state index in [9.17, 15) is 0 Å². The number of benzene rings is 1. The molecule has 2 heteroatoms. The third-order valence-electron chi connectivity index (χ3n) is 2.90. The Balaban J connectivity index is 2.26. The molecule has 1 aliphatic rings. The third kappa shape index (κ3) is 1.68. The highest BCUT2D eigenvalue weighted by molar-refractivity contribution is 6.79. The average molecular weight is 204 g/mol. The van der Waals surface area contributed by atoms with Gasteiger partial charge in [0.2, 0.25) is 8.32 Å². The highest BCUT2D eigenvalue weighted by atomic mass is 28.4. The Morgan fingerprint density at radius 1 is 1.14 bits per heavy atom. The Morgan fingerprint density at radius 2 is 1.79 bits per heavy atom. The predicted molar refractivity (Wildman–Crippen MR) is 61.5 cm³/mol. The van der Waals surface area contributed by atoms with Crippen molar-refractivity contribution in [2.45, 2.75) is 26.1 Å². The van der Waals surface area contributed by atoms with Crippen LogP contribution in [0.25, 0.3) is 0 Å². The number of rotatable bonds is 1. The molecule has 0 saturated heterocycles. The molecule has 0 fully saturated rings. The molecule has 0 aromatic heterocycles. The van der Waals surface area contributed by atoms with Gasteiger partial charge in [-0.3, -0.25) is 0 Å². The van der Waals surface area contributed by atoms with Gasteiger partial charge in [0.15, 0.2) is 0 Å². The van der Waals surface area contributed by atoms with Crippen LogP contribution in [0.5, 0.6) is 0 Å². The summed E-state index contributed by atoms with van der Waals surface area (Å²) in [7, 11) is -1.53. The van der Waals surface area contributed by atoms with Gasteiger partial charge < -0.3 is 4.43 Å². The first kappa shape index (κ1) is 9.68. The summed E-state index contributed by atoms with van der Waals surface area (Å²) in [6.07, 6.45) is 2.46. The smallest absolute Gasteiger partial charge is 0.215 e. The highest BCUT2D eigenvalue weighted by Gasteiger charge is 2.34. The van der Waals surface area contributed by atoms with Gasteiger partial charge in [-0.1, -0.05) is 41.6 Å². The van der Waals surface area contributed by atoms with Gasteiger partial charge >= 0.3 is 0 Å². The Bertz CT molecular complexity index is 354. The Morgan fingerprint density at radius 3 is 2.29 bits per heavy atom. The lowest BCUT2D eigenvalue weighted by atomic mass is 10.1. The quantitative estimate of drug-likeness (QED) is 0.637. The minimum atomic E-state index is -1.53. The minimum absolute atomic E-state index is 0.192. The van der Waals surface area contributed by atoms with E-state index in [-0.39, 0.29) is 6.10 Å². The molecule has 2 rings (SSSR count). The Hall–Kier alpha value is -0.863. The fourth-order valence-corrected chi connectivity index (χ4v) is 3.26. The molecular weight excluding hydrogens is 188 g/mol. The van der Waals surface area contributed by atoms with Crippen LogP contribution in [0.1, 0.15) is 18.6 Å². The maximum absolute atomic E-state index is 6.09. The van der Waals surface area contributed by atoms with Gasteiger partial charge in [-0.05, 0) is 25.6 Å². The molecule has 14 heavy (non-hydrogen) atoms. The molecule has 0 saturated carbocycles. The second kappa shape index (κ2) is 3.37. The average Bonchev–Trinajstić information content (AvgIpc) is 2.43. The van der Waals surface area contributed by atoms with Gasteiger partial charge in [-0.15, -0.1) is 0 Å². The Labute approximate surface area is 86.5 Å². The lowest BCUT2D eigenvalue weighted by Crippen LogP contribution is -2.28. The summed E-state index contributed by atoms with van der Waals surface area (Å²) >= 11 is 0. The molecule has 1 aromatic carbocycles. The van der Waals surface area contributed by atoms with Gasteiger partial charge in [-0.25, -0.2) is 0 Å². The molecular formula is C12H16OSi. The monoisotopic (exact) mass is 204 g/mol. The summed E-state index contributed by atoms with van der Waals surface area (Å²) in [5.41, 5.74) is 1.27. The molecule has 0 amide bonds. The molecule has 1 nitrogen and oxygen atoms in total. The lowest BCUT2D eigenvalue weighted by molar-refractivity contribution is 0.263. The zero-order valence-electron chi connectivity index (χ0n) is 8.95. The van der Waals surface area contributed by atoms with E-state index >= 15 is 0 Å². The molecule has 1 heterocycles. The number of allylic oxidation sites excluding steroid dienone is 1. The standard InChI is InChI=1S/C12H16OSi/c1-10-9-12(13-14(10,2)3)11-7-5-4-6-8-11/h4-9,12H,1-3H3. The second-order valence-corrected chi connectivity index (χ2v) is 8.35. The topological polar surface area (TPSA) is 9.23 Å². The van der Waals surface area contributed by atoms with E-state index < -0.39 is 8.32 Å². The van der Waals surface area contributed by atoms with Crippen LogP contribution < -0.4 is 0 Å². The summed E-state index contributed by atoms with van der Waals surface area (Å²) in [6, 6.07) is 10.4. The molecule has 0 N–H and O–H groups in total. The largest absolute Gasteiger partial charge is 0.403 e. The fourth-order valence-electron chi connectivity index (χ4n) is 1.68. The molecule has 0 radical (unpaired) electrons. The zero-order chi connectivity index (χ0) is 10.2. The third-order valence-corrected chi connectivity index (χ3v) is 5.81. The van der Waals surface area contributed by atoms with Crippen LogP contribution in [-0.2, 0) is 4.43 Å². The molecule has 74 valence electrons. The molecule has 1 aromatic rings. The fraction of sp³-hybridized carbons (Fsp3) is 0.333. The van der Waals surface area contributed by atoms with Crippen molar-refractivity contribution in [3.05, 3.63) is 47.2 Å². The van der Waals surface area contributed by atoms with Crippen molar-refractivity contribution in [3.8, 4) is 0 Å². The van der Waals surface area contributed by atoms with Crippen LogP contribution in [0, 0.1) is 0 Å². The van der Waals surface area contributed by atoms with E-state index in [2.05, 4.69) is 50.4 Å². The van der Waals surface area contributed by atoms with E-state index in [0.29, 0.717) is 0 Å². The van der Waals surface area contributed by atoms with Crippen molar-refractivity contribution in [2.75, 3.05) is 0 Å². The summed E-state index contributed by atoms with van der Waals surface area (Å²) in [5.74, 6) is 0. The van der Waals surface area contributed by atoms with E-state index in [1.54, 1.807) is 0 Å². The Kier molecular flexibility index (Phi) is 2.33. The highest BCUT2D eigenvalue weighted by Crippen LogP contribution is 2.34. The zero-order valence-corrected chi connectivity index (χ0v) is 9.95. The van der Waals surface area contributed by atoms with E-state index in [1.165, 1.54) is 10.8 Å². The SMILES string of the molecule is CC1=CC(c2ccccc2)O[Si]1(C)C. The first-order valence-electron chi connectivity index (χ1n) is 5.01. The van der Waals surface area contributed by atoms with Crippen molar-refractivity contribution in [3.63, 3.8) is 0 Å². The van der Waals surface area contributed by atoms with E-state index in [4.69, 9.17) is 4.43 Å². The summed E-state index contributed by atoms with van der Waals surface area (Å²) in [4.78, 5) is 0.